The van der Waals surface area contributed by atoms with Gasteiger partial charge < -0.3 is 5.32 Å². The van der Waals surface area contributed by atoms with Crippen molar-refractivity contribution >= 4 is 16.6 Å². The van der Waals surface area contributed by atoms with E-state index in [0.717, 1.165) is 58.5 Å². The second kappa shape index (κ2) is 8.79. The summed E-state index contributed by atoms with van der Waals surface area (Å²) in [6.07, 6.45) is 8.22. The van der Waals surface area contributed by atoms with Gasteiger partial charge in [-0.05, 0) is 53.9 Å². The predicted molar refractivity (Wildman–Crippen MR) is 147 cm³/mol. The second-order valence-corrected chi connectivity index (χ2v) is 10.4. The van der Waals surface area contributed by atoms with Gasteiger partial charge in [0.05, 0.1) is 23.0 Å². The molecule has 8 rings (SSSR count). The Kier molecular flexibility index (Phi) is 5.07. The van der Waals surface area contributed by atoms with Crippen LogP contribution in [0.25, 0.3) is 50.2 Å². The Balaban J connectivity index is 1.27. The fraction of sp³-hybridized carbons (Fsp3) is 0.200. The van der Waals surface area contributed by atoms with E-state index in [2.05, 4.69) is 25.4 Å². The molecular weight excluding hydrogens is 491 g/mol. The van der Waals surface area contributed by atoms with Crippen LogP contribution in [0.1, 0.15) is 12.0 Å². The molecule has 192 valence electrons. The topological polar surface area (TPSA) is 87.0 Å². The van der Waals surface area contributed by atoms with E-state index in [1.54, 1.807) is 29.2 Å². The van der Waals surface area contributed by atoms with Crippen molar-refractivity contribution in [2.24, 2.45) is 0 Å². The smallest absolute Gasteiger partial charge is 0.164 e. The number of H-pyrrole nitrogens is 1. The average Bonchev–Trinajstić information content (AvgIpc) is 3.77. The highest BCUT2D eigenvalue weighted by atomic mass is 19.1. The van der Waals surface area contributed by atoms with Crippen LogP contribution >= 0.6 is 0 Å². The summed E-state index contributed by atoms with van der Waals surface area (Å²) in [4.78, 5) is 11.4. The van der Waals surface area contributed by atoms with E-state index in [0.29, 0.717) is 29.0 Å². The second-order valence-electron chi connectivity index (χ2n) is 10.4. The lowest BCUT2D eigenvalue weighted by Gasteiger charge is -2.27. The molecule has 0 saturated carbocycles. The minimum Gasteiger partial charge on any atom is -0.311 e. The number of piperazine rings is 1. The van der Waals surface area contributed by atoms with Crippen molar-refractivity contribution in [2.45, 2.75) is 25.0 Å². The normalized spacial score (nSPS) is 19.0. The molecule has 2 fully saturated rings. The molecule has 6 aromatic rings. The molecule has 2 N–H and O–H groups in total. The zero-order chi connectivity index (χ0) is 25.9. The molecule has 4 aromatic heterocycles. The number of nitrogens with zero attached hydrogens (tertiary/aromatic N) is 6. The first-order valence-corrected chi connectivity index (χ1v) is 13.2. The van der Waals surface area contributed by atoms with E-state index >= 15 is 4.39 Å². The fourth-order valence-electron chi connectivity index (χ4n) is 6.24. The molecule has 2 atom stereocenters. The van der Waals surface area contributed by atoms with Gasteiger partial charge in [-0.2, -0.15) is 10.2 Å². The summed E-state index contributed by atoms with van der Waals surface area (Å²) in [5.41, 5.74) is 7.18. The number of aromatic nitrogens is 6. The maximum Gasteiger partial charge on any atom is 0.164 e. The van der Waals surface area contributed by atoms with Crippen LogP contribution < -0.4 is 5.32 Å². The number of hydrogen-bond acceptors (Lipinski definition) is 6. The SMILES string of the molecule is Fc1cc(CN2CC3CC2CN3)ccc1-c1ccnc2c(-c3cccc4[nH]ncc34)c(-c3ccncc3)nn12. The molecule has 9 heteroatoms. The summed E-state index contributed by atoms with van der Waals surface area (Å²) in [5, 5.41) is 16.8. The molecule has 2 bridgehead atoms. The number of halogens is 1. The lowest BCUT2D eigenvalue weighted by Crippen LogP contribution is -2.42. The number of likely N-dealkylation sites (tertiary alicyclic amines) is 1. The molecule has 2 aromatic carbocycles. The summed E-state index contributed by atoms with van der Waals surface area (Å²) in [6.45, 7) is 2.81. The number of nitrogens with one attached hydrogen (secondary N) is 2. The molecule has 2 saturated heterocycles. The first-order valence-electron chi connectivity index (χ1n) is 13.2. The van der Waals surface area contributed by atoms with Gasteiger partial charge in [0.15, 0.2) is 5.65 Å². The van der Waals surface area contributed by atoms with Gasteiger partial charge in [-0.15, -0.1) is 0 Å². The number of aromatic amines is 1. The van der Waals surface area contributed by atoms with Crippen molar-refractivity contribution < 1.29 is 4.39 Å². The Morgan fingerprint density at radius 1 is 1.00 bits per heavy atom. The minimum absolute atomic E-state index is 0.262. The summed E-state index contributed by atoms with van der Waals surface area (Å²) < 4.78 is 17.5. The van der Waals surface area contributed by atoms with Gasteiger partial charge in [-0.1, -0.05) is 18.2 Å². The molecule has 8 nitrogen and oxygen atoms in total. The zero-order valence-electron chi connectivity index (χ0n) is 21.0. The Morgan fingerprint density at radius 3 is 2.74 bits per heavy atom. The van der Waals surface area contributed by atoms with Gasteiger partial charge in [0.25, 0.3) is 0 Å². The van der Waals surface area contributed by atoms with Crippen molar-refractivity contribution in [1.29, 1.82) is 0 Å². The third kappa shape index (κ3) is 3.65. The van der Waals surface area contributed by atoms with Gasteiger partial charge in [-0.25, -0.2) is 13.9 Å². The van der Waals surface area contributed by atoms with Crippen LogP contribution in [-0.2, 0) is 6.54 Å². The molecule has 6 heterocycles. The molecule has 2 unspecified atom stereocenters. The third-order valence-corrected chi connectivity index (χ3v) is 8.09. The van der Waals surface area contributed by atoms with Gasteiger partial charge in [0, 0.05) is 66.8 Å². The standard InChI is InChI=1S/C30H25FN8/c31-25-12-18(16-38-17-20-13-21(38)14-34-20)4-5-23(25)27-8-11-33-30-28(22-2-1-3-26-24(22)15-35-36-26)29(37-39(27)30)19-6-9-32-10-7-19/h1-12,15,20-21,34H,13-14,16-17H2,(H,35,36). The zero-order valence-corrected chi connectivity index (χ0v) is 21.0. The van der Waals surface area contributed by atoms with E-state index in [9.17, 15) is 0 Å². The van der Waals surface area contributed by atoms with Crippen LogP contribution in [0.2, 0.25) is 0 Å². The van der Waals surface area contributed by atoms with Crippen LogP contribution in [0.4, 0.5) is 4.39 Å². The number of hydrogen-bond donors (Lipinski definition) is 2. The molecular formula is C30H25FN8. The summed E-state index contributed by atoms with van der Waals surface area (Å²) >= 11 is 0. The Morgan fingerprint density at radius 2 is 1.92 bits per heavy atom. The van der Waals surface area contributed by atoms with Crippen molar-refractivity contribution in [1.82, 2.24) is 40.0 Å². The first kappa shape index (κ1) is 22.5. The Labute approximate surface area is 223 Å². The minimum atomic E-state index is -0.262. The number of rotatable bonds is 5. The van der Waals surface area contributed by atoms with E-state index < -0.39 is 0 Å². The lowest BCUT2D eigenvalue weighted by molar-refractivity contribution is 0.217. The van der Waals surface area contributed by atoms with Gasteiger partial charge >= 0.3 is 0 Å². The quantitative estimate of drug-likeness (QED) is 0.346. The van der Waals surface area contributed by atoms with E-state index in [1.807, 2.05) is 54.7 Å². The Hall–Kier alpha value is -4.47. The first-order chi connectivity index (χ1) is 19.2. The van der Waals surface area contributed by atoms with Crippen LogP contribution in [0.3, 0.4) is 0 Å². The van der Waals surface area contributed by atoms with Crippen molar-refractivity contribution in [3.8, 4) is 33.6 Å². The summed E-state index contributed by atoms with van der Waals surface area (Å²) in [6, 6.07) is 18.4. The van der Waals surface area contributed by atoms with Crippen molar-refractivity contribution in [3.63, 3.8) is 0 Å². The van der Waals surface area contributed by atoms with Crippen LogP contribution in [0.15, 0.2) is 79.4 Å². The largest absolute Gasteiger partial charge is 0.311 e. The molecule has 0 amide bonds. The highest BCUT2D eigenvalue weighted by Gasteiger charge is 2.37. The number of pyridine rings is 1. The van der Waals surface area contributed by atoms with Gasteiger partial charge in [0.1, 0.15) is 11.5 Å². The molecule has 0 aliphatic carbocycles. The highest BCUT2D eigenvalue weighted by Crippen LogP contribution is 2.39. The van der Waals surface area contributed by atoms with Gasteiger partial charge in [0.2, 0.25) is 0 Å². The molecule has 39 heavy (non-hydrogen) atoms. The average molecular weight is 517 g/mol. The fourth-order valence-corrected chi connectivity index (χ4v) is 6.24. The van der Waals surface area contributed by atoms with Gasteiger partial charge in [-0.3, -0.25) is 15.0 Å². The number of benzene rings is 2. The van der Waals surface area contributed by atoms with E-state index in [1.165, 1.54) is 6.42 Å². The molecule has 2 aliphatic heterocycles. The monoisotopic (exact) mass is 516 g/mol. The van der Waals surface area contributed by atoms with E-state index in [4.69, 9.17) is 10.1 Å². The van der Waals surface area contributed by atoms with Crippen molar-refractivity contribution in [2.75, 3.05) is 13.1 Å². The van der Waals surface area contributed by atoms with E-state index in [-0.39, 0.29) is 5.82 Å². The summed E-state index contributed by atoms with van der Waals surface area (Å²) in [5.74, 6) is -0.262. The number of fused-ring (bicyclic) bond motifs is 4. The molecule has 0 radical (unpaired) electrons. The van der Waals surface area contributed by atoms with Crippen LogP contribution in [0, 0.1) is 5.82 Å². The molecule has 0 spiro atoms. The van der Waals surface area contributed by atoms with Crippen molar-refractivity contribution in [3.05, 3.63) is 90.8 Å². The predicted octanol–water partition coefficient (Wildman–Crippen LogP) is 4.69. The molecule has 2 aliphatic rings. The maximum absolute atomic E-state index is 15.7. The highest BCUT2D eigenvalue weighted by molar-refractivity contribution is 6.02. The Bertz CT molecular complexity index is 1840. The summed E-state index contributed by atoms with van der Waals surface area (Å²) in [7, 11) is 0. The van der Waals surface area contributed by atoms with Crippen LogP contribution in [0.5, 0.6) is 0 Å². The maximum atomic E-state index is 15.7. The van der Waals surface area contributed by atoms with Crippen LogP contribution in [-0.4, -0.2) is 59.9 Å². The lowest BCUT2D eigenvalue weighted by atomic mass is 9.99. The third-order valence-electron chi connectivity index (χ3n) is 8.09.